The molecule has 1 aliphatic rings. The number of aryl methyl sites for hydroxylation is 1. The number of nitrogens with zero attached hydrogens (tertiary/aromatic N) is 1. The zero-order valence-electron chi connectivity index (χ0n) is 10.7. The first-order valence-electron chi connectivity index (χ1n) is 6.22. The summed E-state index contributed by atoms with van der Waals surface area (Å²) >= 11 is 1.71. The molecule has 0 amide bonds. The number of hydrogen-bond acceptors (Lipinski definition) is 3. The fourth-order valence-corrected chi connectivity index (χ4v) is 2.87. The van der Waals surface area contributed by atoms with Crippen LogP contribution in [0.1, 0.15) is 5.56 Å². The molecule has 0 saturated carbocycles. The molecule has 98 valence electrons. The van der Waals surface area contributed by atoms with E-state index in [0.29, 0.717) is 0 Å². The standard InChI is InChI=1S/C14H19FN2S/c1-3-8-18-14-10-13(12(15)9-11(14)2)17-6-4-16-5-7-17/h3,9-10,16H,1,4-8H2,2H3. The van der Waals surface area contributed by atoms with E-state index in [1.54, 1.807) is 17.8 Å². The van der Waals surface area contributed by atoms with Crippen LogP contribution in [0.25, 0.3) is 0 Å². The van der Waals surface area contributed by atoms with Gasteiger partial charge in [-0.05, 0) is 24.6 Å². The molecule has 2 nitrogen and oxygen atoms in total. The quantitative estimate of drug-likeness (QED) is 0.666. The second kappa shape index (κ2) is 6.25. The van der Waals surface area contributed by atoms with Crippen molar-refractivity contribution >= 4 is 17.4 Å². The molecule has 0 bridgehead atoms. The van der Waals surface area contributed by atoms with E-state index in [1.807, 2.05) is 19.1 Å². The summed E-state index contributed by atoms with van der Waals surface area (Å²) in [7, 11) is 0. The maximum absolute atomic E-state index is 14.0. The van der Waals surface area contributed by atoms with Gasteiger partial charge in [-0.15, -0.1) is 18.3 Å². The zero-order valence-corrected chi connectivity index (χ0v) is 11.5. The molecule has 0 spiro atoms. The van der Waals surface area contributed by atoms with Crippen LogP contribution >= 0.6 is 11.8 Å². The van der Waals surface area contributed by atoms with E-state index >= 15 is 0 Å². The van der Waals surface area contributed by atoms with Crippen molar-refractivity contribution in [2.24, 2.45) is 0 Å². The molecule has 0 unspecified atom stereocenters. The minimum atomic E-state index is -0.114. The van der Waals surface area contributed by atoms with Crippen LogP contribution in [-0.2, 0) is 0 Å². The van der Waals surface area contributed by atoms with Gasteiger partial charge in [-0.3, -0.25) is 0 Å². The van der Waals surface area contributed by atoms with E-state index in [9.17, 15) is 4.39 Å². The van der Waals surface area contributed by atoms with Crippen molar-refractivity contribution in [1.82, 2.24) is 5.32 Å². The summed E-state index contributed by atoms with van der Waals surface area (Å²) in [4.78, 5) is 3.26. The molecule has 0 aromatic heterocycles. The maximum Gasteiger partial charge on any atom is 0.146 e. The Morgan fingerprint density at radius 1 is 1.44 bits per heavy atom. The average Bonchev–Trinajstić information content (AvgIpc) is 2.39. The van der Waals surface area contributed by atoms with Crippen LogP contribution in [0.5, 0.6) is 0 Å². The summed E-state index contributed by atoms with van der Waals surface area (Å²) in [6, 6.07) is 3.62. The third kappa shape index (κ3) is 3.06. The molecule has 0 radical (unpaired) electrons. The van der Waals surface area contributed by atoms with E-state index in [1.165, 1.54) is 0 Å². The number of hydrogen-bond donors (Lipinski definition) is 1. The highest BCUT2D eigenvalue weighted by Crippen LogP contribution is 2.30. The lowest BCUT2D eigenvalue weighted by Gasteiger charge is -2.30. The molecule has 1 heterocycles. The number of thioether (sulfide) groups is 1. The third-order valence-corrected chi connectivity index (χ3v) is 4.21. The van der Waals surface area contributed by atoms with Gasteiger partial charge in [-0.2, -0.15) is 0 Å². The van der Waals surface area contributed by atoms with Crippen LogP contribution < -0.4 is 10.2 Å². The Balaban J connectivity index is 2.25. The van der Waals surface area contributed by atoms with E-state index in [2.05, 4.69) is 16.8 Å². The summed E-state index contributed by atoms with van der Waals surface area (Å²) in [6.07, 6.45) is 1.87. The Hall–Kier alpha value is -1.00. The summed E-state index contributed by atoms with van der Waals surface area (Å²) in [5.74, 6) is 0.741. The van der Waals surface area contributed by atoms with Crippen LogP contribution in [0, 0.1) is 12.7 Å². The molecule has 18 heavy (non-hydrogen) atoms. The van der Waals surface area contributed by atoms with Crippen molar-refractivity contribution in [3.8, 4) is 0 Å². The number of rotatable bonds is 4. The summed E-state index contributed by atoms with van der Waals surface area (Å²) in [5.41, 5.74) is 1.73. The first-order chi connectivity index (χ1) is 8.72. The smallest absolute Gasteiger partial charge is 0.146 e. The average molecular weight is 266 g/mol. The number of anilines is 1. The molecule has 1 aromatic carbocycles. The summed E-state index contributed by atoms with van der Waals surface area (Å²) < 4.78 is 14.0. The highest BCUT2D eigenvalue weighted by atomic mass is 32.2. The molecule has 0 atom stereocenters. The second-order valence-electron chi connectivity index (χ2n) is 4.41. The molecule has 2 rings (SSSR count). The van der Waals surface area contributed by atoms with Gasteiger partial charge < -0.3 is 10.2 Å². The Kier molecular flexibility index (Phi) is 4.66. The van der Waals surface area contributed by atoms with Crippen molar-refractivity contribution in [3.63, 3.8) is 0 Å². The van der Waals surface area contributed by atoms with Gasteiger partial charge in [0, 0.05) is 36.8 Å². The fraction of sp³-hybridized carbons (Fsp3) is 0.429. The molecule has 1 N–H and O–H groups in total. The van der Waals surface area contributed by atoms with E-state index in [4.69, 9.17) is 0 Å². The van der Waals surface area contributed by atoms with Gasteiger partial charge in [0.1, 0.15) is 5.82 Å². The minimum absolute atomic E-state index is 0.114. The number of halogens is 1. The Labute approximate surface area is 112 Å². The number of nitrogens with one attached hydrogen (secondary N) is 1. The molecular weight excluding hydrogens is 247 g/mol. The predicted molar refractivity (Wildman–Crippen MR) is 77.1 cm³/mol. The van der Waals surface area contributed by atoms with Crippen molar-refractivity contribution in [2.75, 3.05) is 36.8 Å². The first kappa shape index (κ1) is 13.4. The van der Waals surface area contributed by atoms with Gasteiger partial charge in [0.2, 0.25) is 0 Å². The van der Waals surface area contributed by atoms with Crippen molar-refractivity contribution in [2.45, 2.75) is 11.8 Å². The van der Waals surface area contributed by atoms with Gasteiger partial charge in [-0.25, -0.2) is 4.39 Å². The van der Waals surface area contributed by atoms with E-state index in [0.717, 1.165) is 48.1 Å². The summed E-state index contributed by atoms with van der Waals surface area (Å²) in [5, 5.41) is 3.28. The second-order valence-corrected chi connectivity index (χ2v) is 5.47. The minimum Gasteiger partial charge on any atom is -0.367 e. The van der Waals surface area contributed by atoms with Crippen LogP contribution in [-0.4, -0.2) is 31.9 Å². The molecule has 4 heteroatoms. The highest BCUT2D eigenvalue weighted by Gasteiger charge is 2.16. The SMILES string of the molecule is C=CCSc1cc(N2CCNCC2)c(F)cc1C. The van der Waals surface area contributed by atoms with Crippen molar-refractivity contribution in [3.05, 3.63) is 36.2 Å². The highest BCUT2D eigenvalue weighted by molar-refractivity contribution is 7.99. The van der Waals surface area contributed by atoms with Crippen LogP contribution in [0.15, 0.2) is 29.7 Å². The number of benzene rings is 1. The zero-order chi connectivity index (χ0) is 13.0. The fourth-order valence-electron chi connectivity index (χ4n) is 2.09. The van der Waals surface area contributed by atoms with E-state index < -0.39 is 0 Å². The van der Waals surface area contributed by atoms with Crippen molar-refractivity contribution in [1.29, 1.82) is 0 Å². The first-order valence-corrected chi connectivity index (χ1v) is 7.20. The van der Waals surface area contributed by atoms with E-state index in [-0.39, 0.29) is 5.82 Å². The molecule has 1 saturated heterocycles. The largest absolute Gasteiger partial charge is 0.367 e. The molecule has 1 aromatic rings. The van der Waals surface area contributed by atoms with Crippen molar-refractivity contribution < 1.29 is 4.39 Å². The lowest BCUT2D eigenvalue weighted by Crippen LogP contribution is -2.43. The van der Waals surface area contributed by atoms with Crippen LogP contribution in [0.3, 0.4) is 0 Å². The normalized spacial score (nSPS) is 15.8. The Morgan fingerprint density at radius 3 is 2.83 bits per heavy atom. The Bertz CT molecular complexity index is 428. The van der Waals surface area contributed by atoms with Gasteiger partial charge in [-0.1, -0.05) is 6.08 Å². The molecular formula is C14H19FN2S. The molecule has 1 fully saturated rings. The van der Waals surface area contributed by atoms with Crippen LogP contribution in [0.2, 0.25) is 0 Å². The lowest BCUT2D eigenvalue weighted by molar-refractivity contribution is 0.565. The van der Waals surface area contributed by atoms with Gasteiger partial charge >= 0.3 is 0 Å². The lowest BCUT2D eigenvalue weighted by atomic mass is 10.2. The Morgan fingerprint density at radius 2 is 2.17 bits per heavy atom. The van der Waals surface area contributed by atoms with Crippen LogP contribution in [0.4, 0.5) is 10.1 Å². The number of piperazine rings is 1. The van der Waals surface area contributed by atoms with Gasteiger partial charge in [0.15, 0.2) is 0 Å². The maximum atomic E-state index is 14.0. The van der Waals surface area contributed by atoms with Gasteiger partial charge in [0.05, 0.1) is 5.69 Å². The van der Waals surface area contributed by atoms with Gasteiger partial charge in [0.25, 0.3) is 0 Å². The monoisotopic (exact) mass is 266 g/mol. The summed E-state index contributed by atoms with van der Waals surface area (Å²) in [6.45, 7) is 9.25. The topological polar surface area (TPSA) is 15.3 Å². The predicted octanol–water partition coefficient (Wildman–Crippen LogP) is 2.82. The molecule has 1 aliphatic heterocycles. The third-order valence-electron chi connectivity index (χ3n) is 3.06. The molecule has 0 aliphatic carbocycles.